The molecule has 5 N–H and O–H groups in total. The number of carboxylic acid groups (broad SMARTS) is 2. The first-order valence-corrected chi connectivity index (χ1v) is 15.0. The number of anilines is 1. The highest BCUT2D eigenvalue weighted by atomic mass is 32.2. The molecule has 1 saturated heterocycles. The summed E-state index contributed by atoms with van der Waals surface area (Å²) in [7, 11) is 1.28. The molecule has 0 spiro atoms. The lowest BCUT2D eigenvalue weighted by Gasteiger charge is -2.49. The Hall–Kier alpha value is -3.63. The maximum Gasteiger partial charge on any atom is 0.370 e. The van der Waals surface area contributed by atoms with E-state index in [1.165, 1.54) is 35.5 Å². The zero-order valence-corrected chi connectivity index (χ0v) is 23.6. The number of pyridine rings is 1. The average Bonchev–Trinajstić information content (AvgIpc) is 3.58. The second-order valence-electron chi connectivity index (χ2n) is 9.08. The first kappa shape index (κ1) is 27.9. The fraction of sp³-hybridized carbons (Fsp3) is 0.375. The van der Waals surface area contributed by atoms with Crippen LogP contribution in [0.15, 0.2) is 39.0 Å². The number of rotatable bonds is 10. The van der Waals surface area contributed by atoms with Gasteiger partial charge in [-0.05, 0) is 18.4 Å². The third kappa shape index (κ3) is 5.25. The number of carbonyl (C=O) groups excluding carboxylic acids is 2. The summed E-state index contributed by atoms with van der Waals surface area (Å²) in [4.78, 5) is 60.6. The van der Waals surface area contributed by atoms with Crippen molar-refractivity contribution >= 4 is 69.5 Å². The Morgan fingerprint density at radius 3 is 2.83 bits per heavy atom. The number of hydrogen-bond acceptors (Lipinski definition) is 11. The summed E-state index contributed by atoms with van der Waals surface area (Å²) < 4.78 is 1.75. The maximum atomic E-state index is 13.1. The number of oxime groups is 1. The van der Waals surface area contributed by atoms with Crippen molar-refractivity contribution < 1.29 is 38.8 Å². The summed E-state index contributed by atoms with van der Waals surface area (Å²) in [5, 5.41) is 26.8. The van der Waals surface area contributed by atoms with Crippen molar-refractivity contribution in [2.24, 2.45) is 5.16 Å². The predicted molar refractivity (Wildman–Crippen MR) is 147 cm³/mol. The smallest absolute Gasteiger partial charge is 0.370 e. The molecule has 4 heterocycles. The third-order valence-electron chi connectivity index (χ3n) is 6.64. The molecule has 2 aromatic heterocycles. The molecule has 210 valence electrons. The lowest BCUT2D eigenvalue weighted by atomic mass is 10.0. The molecule has 0 saturated carbocycles. The molecule has 0 radical (unpaired) electrons. The predicted octanol–water partition coefficient (Wildman–Crippen LogP) is 0.468. The van der Waals surface area contributed by atoms with Crippen LogP contribution in [0.3, 0.4) is 0 Å². The number of thiazole rings is 1. The number of carbonyl (C=O) groups is 4. The summed E-state index contributed by atoms with van der Waals surface area (Å²) in [5.74, 6) is -2.62. The lowest BCUT2D eigenvalue weighted by molar-refractivity contribution is -0.693. The third-order valence-corrected chi connectivity index (χ3v) is 9.84. The van der Waals surface area contributed by atoms with E-state index in [1.54, 1.807) is 16.1 Å². The number of fused-ring (bicyclic) bond motifs is 2. The van der Waals surface area contributed by atoms with Crippen LogP contribution in [0.2, 0.25) is 0 Å². The minimum Gasteiger partial charge on any atom is -0.477 e. The number of β-lactam (4-membered cyclic amide) rings is 1. The first-order valence-electron chi connectivity index (χ1n) is 12.1. The van der Waals surface area contributed by atoms with E-state index in [-0.39, 0.29) is 28.8 Å². The lowest BCUT2D eigenvalue weighted by Crippen LogP contribution is -2.71. The molecule has 1 aliphatic carbocycles. The van der Waals surface area contributed by atoms with Crippen molar-refractivity contribution in [2.75, 3.05) is 24.3 Å². The summed E-state index contributed by atoms with van der Waals surface area (Å²) >= 11 is 3.98. The number of nitrogens with zero attached hydrogens (tertiary/aromatic N) is 4. The monoisotopic (exact) mass is 605 g/mol. The summed E-state index contributed by atoms with van der Waals surface area (Å²) in [6.45, 7) is -0.106. The quantitative estimate of drug-likeness (QED) is 0.0969. The Kier molecular flexibility index (Phi) is 8.00. The second kappa shape index (κ2) is 11.5. The van der Waals surface area contributed by atoms with Crippen molar-refractivity contribution in [2.45, 2.75) is 42.1 Å². The van der Waals surface area contributed by atoms with Crippen molar-refractivity contribution in [3.63, 3.8) is 0 Å². The Bertz CT molecular complexity index is 1470. The summed E-state index contributed by atoms with van der Waals surface area (Å²) in [6.07, 6.45) is 4.30. The number of nitrogen functional groups attached to an aromatic ring is 1. The van der Waals surface area contributed by atoms with Gasteiger partial charge in [0.2, 0.25) is 6.54 Å². The molecule has 2 aromatic rings. The van der Waals surface area contributed by atoms with Gasteiger partial charge < -0.3 is 26.1 Å². The van der Waals surface area contributed by atoms with Gasteiger partial charge in [0.15, 0.2) is 22.7 Å². The number of nitrogens with two attached hydrogens (primary N) is 1. The van der Waals surface area contributed by atoms with Crippen LogP contribution < -0.4 is 15.6 Å². The van der Waals surface area contributed by atoms with Gasteiger partial charge in [-0.25, -0.2) is 14.6 Å². The van der Waals surface area contributed by atoms with Crippen molar-refractivity contribution in [1.82, 2.24) is 15.2 Å². The van der Waals surface area contributed by atoms with Gasteiger partial charge in [-0.2, -0.15) is 4.57 Å². The van der Waals surface area contributed by atoms with Crippen LogP contribution in [-0.4, -0.2) is 79.6 Å². The number of thioether (sulfide) groups is 2. The van der Waals surface area contributed by atoms with Gasteiger partial charge in [0, 0.05) is 39.8 Å². The average molecular weight is 606 g/mol. The molecule has 2 amide bonds. The molecule has 0 aromatic carbocycles. The summed E-state index contributed by atoms with van der Waals surface area (Å²) in [6, 6.07) is 0.925. The Balaban J connectivity index is 1.31. The van der Waals surface area contributed by atoms with E-state index in [0.29, 0.717) is 17.1 Å². The van der Waals surface area contributed by atoms with E-state index in [1.807, 2.05) is 6.07 Å². The number of amides is 2. The van der Waals surface area contributed by atoms with Crippen molar-refractivity contribution in [3.8, 4) is 0 Å². The second-order valence-corrected chi connectivity index (χ2v) is 12.1. The van der Waals surface area contributed by atoms with Crippen LogP contribution in [0.4, 0.5) is 5.13 Å². The topological polar surface area (TPSA) is 188 Å². The van der Waals surface area contributed by atoms with Crippen LogP contribution in [0.5, 0.6) is 0 Å². The van der Waals surface area contributed by atoms with Gasteiger partial charge >= 0.3 is 11.9 Å². The number of nitrogens with one attached hydrogen (secondary N) is 1. The number of hydrogen-bond donors (Lipinski definition) is 4. The van der Waals surface area contributed by atoms with Crippen molar-refractivity contribution in [1.29, 1.82) is 0 Å². The normalized spacial score (nSPS) is 20.1. The minimum absolute atomic E-state index is 0.0710. The Labute approximate surface area is 240 Å². The fourth-order valence-electron chi connectivity index (χ4n) is 4.95. The van der Waals surface area contributed by atoms with Gasteiger partial charge in [0.1, 0.15) is 29.9 Å². The van der Waals surface area contributed by atoms with E-state index in [2.05, 4.69) is 15.5 Å². The number of carboxylic acids is 2. The molecule has 0 unspecified atom stereocenters. The SMILES string of the molecule is CO/N=C(/C(=O)N[C@H]1C(=O)N2C(C(=O)O)=C(CSc3cc[n+](CC(=O)O)c4c3CCC4)CS[C@@H]12)c1csc(N)n1. The highest BCUT2D eigenvalue weighted by Crippen LogP contribution is 2.42. The van der Waals surface area contributed by atoms with E-state index in [9.17, 15) is 29.4 Å². The van der Waals surface area contributed by atoms with E-state index < -0.39 is 35.2 Å². The van der Waals surface area contributed by atoms with E-state index >= 15 is 0 Å². The van der Waals surface area contributed by atoms with Crippen LogP contribution in [-0.2, 0) is 43.4 Å². The summed E-state index contributed by atoms with van der Waals surface area (Å²) in [5.41, 5.74) is 8.33. The maximum absolute atomic E-state index is 13.1. The molecule has 0 bridgehead atoms. The Morgan fingerprint density at radius 2 is 2.15 bits per heavy atom. The van der Waals surface area contributed by atoms with E-state index in [0.717, 1.165) is 46.8 Å². The number of aromatic nitrogens is 2. The van der Waals surface area contributed by atoms with Gasteiger partial charge in [-0.1, -0.05) is 5.16 Å². The molecule has 40 heavy (non-hydrogen) atoms. The molecular formula is C24H25N6O7S3+. The molecular weight excluding hydrogens is 581 g/mol. The van der Waals surface area contributed by atoms with Gasteiger partial charge in [0.25, 0.3) is 11.8 Å². The highest BCUT2D eigenvalue weighted by molar-refractivity contribution is 8.01. The van der Waals surface area contributed by atoms with Gasteiger partial charge in [0.05, 0.1) is 0 Å². The van der Waals surface area contributed by atoms with Gasteiger partial charge in [-0.15, -0.1) is 34.9 Å². The van der Waals surface area contributed by atoms with Crippen LogP contribution in [0, 0.1) is 0 Å². The van der Waals surface area contributed by atoms with Crippen molar-refractivity contribution in [3.05, 3.63) is 45.9 Å². The van der Waals surface area contributed by atoms with Crippen LogP contribution in [0.1, 0.15) is 23.4 Å². The van der Waals surface area contributed by atoms with Crippen LogP contribution >= 0.6 is 34.9 Å². The van der Waals surface area contributed by atoms with E-state index in [4.69, 9.17) is 10.6 Å². The first-order chi connectivity index (χ1) is 19.2. The molecule has 1 fully saturated rings. The molecule has 2 atom stereocenters. The molecule has 16 heteroatoms. The number of aliphatic carboxylic acids is 2. The molecule has 3 aliphatic rings. The zero-order chi connectivity index (χ0) is 28.6. The zero-order valence-electron chi connectivity index (χ0n) is 21.2. The van der Waals surface area contributed by atoms with Crippen LogP contribution in [0.25, 0.3) is 0 Å². The highest BCUT2D eigenvalue weighted by Gasteiger charge is 2.54. The minimum atomic E-state index is -1.21. The Morgan fingerprint density at radius 1 is 1.35 bits per heavy atom. The molecule has 2 aliphatic heterocycles. The van der Waals surface area contributed by atoms with Gasteiger partial charge in [-0.3, -0.25) is 14.5 Å². The molecule has 13 nitrogen and oxygen atoms in total. The standard InChI is InChI=1S/C24H24N6O7S3/c1-37-28-17(13-10-40-24(25)26-13)20(33)27-18-21(34)30-19(23(35)36)11(9-39-22(18)30)8-38-15-5-6-29(7-16(31)32)14-4-2-3-12(14)15/h5-6,10,18,22H,2-4,7-9H2,1H3,(H4-,25,26,27,31,32,33,35,36)/p+1/b28-17+/t18-,22-/m0/s1. The molecule has 5 rings (SSSR count). The largest absolute Gasteiger partial charge is 0.477 e. The fourth-order valence-corrected chi connectivity index (χ4v) is 8.09.